The molecule has 1 fully saturated rings. The fraction of sp³-hybridized carbons (Fsp3) is 0.233. The van der Waals surface area contributed by atoms with Crippen molar-refractivity contribution in [1.82, 2.24) is 19.9 Å². The van der Waals surface area contributed by atoms with Crippen LogP contribution in [0.3, 0.4) is 0 Å². The minimum Gasteiger partial charge on any atom is -0.493 e. The summed E-state index contributed by atoms with van der Waals surface area (Å²) in [5, 5.41) is 15.1. The molecule has 0 unspecified atom stereocenters. The smallest absolute Gasteiger partial charge is 0.246 e. The van der Waals surface area contributed by atoms with E-state index < -0.39 is 5.60 Å². The first kappa shape index (κ1) is 27.5. The molecule has 2 aromatic heterocycles. The molecule has 210 valence electrons. The number of carbonyl (C=O) groups excluding carboxylic acids is 1. The number of rotatable bonds is 9. The molecule has 0 spiro atoms. The number of benzene rings is 2. The number of ether oxygens (including phenoxy) is 2. The second-order valence-electron chi connectivity index (χ2n) is 10.1. The van der Waals surface area contributed by atoms with Crippen LogP contribution in [-0.4, -0.2) is 63.5 Å². The number of nitrogens with zero attached hydrogens (tertiary/aromatic N) is 5. The average molecular weight is 554 g/mol. The summed E-state index contributed by atoms with van der Waals surface area (Å²) in [6.07, 6.45) is 5.43. The van der Waals surface area contributed by atoms with Gasteiger partial charge in [0.2, 0.25) is 5.91 Å². The van der Waals surface area contributed by atoms with Crippen molar-refractivity contribution < 1.29 is 19.4 Å². The Bertz CT molecular complexity index is 1640. The van der Waals surface area contributed by atoms with Gasteiger partial charge in [0.25, 0.3) is 0 Å². The second kappa shape index (κ2) is 11.2. The lowest BCUT2D eigenvalue weighted by atomic mass is 9.93. The van der Waals surface area contributed by atoms with Gasteiger partial charge in [-0.25, -0.2) is 19.9 Å². The highest BCUT2D eigenvalue weighted by Gasteiger charge is 2.32. The molecule has 1 aliphatic rings. The molecule has 11 nitrogen and oxygen atoms in total. The van der Waals surface area contributed by atoms with E-state index in [0.717, 1.165) is 11.1 Å². The Labute approximate surface area is 237 Å². The zero-order valence-electron chi connectivity index (χ0n) is 23.0. The number of carbonyl (C=O) groups is 1. The van der Waals surface area contributed by atoms with Crippen LogP contribution in [0.25, 0.3) is 22.0 Å². The molecule has 4 N–H and O–H groups in total. The molecule has 1 aliphatic heterocycles. The quantitative estimate of drug-likeness (QED) is 0.158. The van der Waals surface area contributed by atoms with Gasteiger partial charge in [0.15, 0.2) is 17.3 Å². The van der Waals surface area contributed by atoms with Crippen molar-refractivity contribution in [3.63, 3.8) is 0 Å². The second-order valence-corrected chi connectivity index (χ2v) is 10.1. The number of hydrogen-bond acceptors (Lipinski definition) is 9. The summed E-state index contributed by atoms with van der Waals surface area (Å²) in [5.41, 5.74) is 8.03. The Hall–Kier alpha value is -5.03. The molecule has 3 heterocycles. The first-order chi connectivity index (χ1) is 19.7. The first-order valence-corrected chi connectivity index (χ1v) is 13.0. The van der Waals surface area contributed by atoms with Gasteiger partial charge in [0.1, 0.15) is 18.2 Å². The van der Waals surface area contributed by atoms with Gasteiger partial charge in [-0.1, -0.05) is 18.7 Å². The number of nitrogens with one attached hydrogen (secondary N) is 1. The summed E-state index contributed by atoms with van der Waals surface area (Å²) >= 11 is 0. The number of methoxy groups -OCH3 is 1. The molecule has 0 aliphatic carbocycles. The SMILES string of the molecule is C=CC(=O)N1CC(Oc2cc3c(Nc4cc(-c5ccnc(N=CN)c5)ccc4C(C)(C)O)ncnc3cc2OC)C1. The minimum atomic E-state index is -1.15. The van der Waals surface area contributed by atoms with Crippen LogP contribution in [0, 0.1) is 0 Å². The van der Waals surface area contributed by atoms with Crippen LogP contribution in [-0.2, 0) is 10.4 Å². The lowest BCUT2D eigenvalue weighted by molar-refractivity contribution is -0.134. The van der Waals surface area contributed by atoms with Gasteiger partial charge < -0.3 is 30.5 Å². The van der Waals surface area contributed by atoms with Gasteiger partial charge in [0.05, 0.1) is 37.7 Å². The van der Waals surface area contributed by atoms with E-state index >= 15 is 0 Å². The van der Waals surface area contributed by atoms with E-state index in [4.69, 9.17) is 15.2 Å². The molecule has 0 atom stereocenters. The maximum absolute atomic E-state index is 11.8. The van der Waals surface area contributed by atoms with Crippen molar-refractivity contribution in [2.45, 2.75) is 25.6 Å². The van der Waals surface area contributed by atoms with Crippen LogP contribution in [0.5, 0.6) is 11.5 Å². The van der Waals surface area contributed by atoms with E-state index in [1.54, 1.807) is 38.1 Å². The molecule has 0 bridgehead atoms. The van der Waals surface area contributed by atoms with Crippen molar-refractivity contribution in [3.05, 3.63) is 73.2 Å². The van der Waals surface area contributed by atoms with E-state index in [0.29, 0.717) is 58.4 Å². The van der Waals surface area contributed by atoms with Crippen molar-refractivity contribution in [2.24, 2.45) is 10.7 Å². The average Bonchev–Trinajstić information content (AvgIpc) is 2.94. The van der Waals surface area contributed by atoms with Gasteiger partial charge >= 0.3 is 0 Å². The molecule has 5 rings (SSSR count). The van der Waals surface area contributed by atoms with Gasteiger partial charge in [-0.05, 0) is 55.3 Å². The monoisotopic (exact) mass is 553 g/mol. The molecule has 11 heteroatoms. The topological polar surface area (TPSA) is 148 Å². The van der Waals surface area contributed by atoms with E-state index in [9.17, 15) is 9.90 Å². The number of amides is 1. The van der Waals surface area contributed by atoms with Gasteiger partial charge in [-0.2, -0.15) is 0 Å². The summed E-state index contributed by atoms with van der Waals surface area (Å²) in [4.78, 5) is 30.7. The molecule has 4 aromatic rings. The number of likely N-dealkylation sites (tertiary alicyclic amines) is 1. The molecule has 0 radical (unpaired) electrons. The number of pyridine rings is 1. The lowest BCUT2D eigenvalue weighted by Crippen LogP contribution is -2.55. The Morgan fingerprint density at radius 3 is 2.63 bits per heavy atom. The maximum Gasteiger partial charge on any atom is 0.246 e. The third-order valence-corrected chi connectivity index (χ3v) is 6.77. The molecular formula is C30H31N7O4. The van der Waals surface area contributed by atoms with Gasteiger partial charge in [-0.15, -0.1) is 0 Å². The van der Waals surface area contributed by atoms with Gasteiger partial charge in [-0.3, -0.25) is 4.79 Å². The van der Waals surface area contributed by atoms with Crippen LogP contribution in [0.4, 0.5) is 17.3 Å². The van der Waals surface area contributed by atoms with Crippen LogP contribution >= 0.6 is 0 Å². The lowest BCUT2D eigenvalue weighted by Gasteiger charge is -2.38. The summed E-state index contributed by atoms with van der Waals surface area (Å²) in [5.74, 6) is 1.90. The standard InChI is InChI=1S/C30H31N7O4/c1-5-28(38)37-14-20(15-37)41-26-12-21-23(13-25(26)40-4)34-17-35-29(21)36-24-10-18(6-7-22(24)30(2,3)39)19-8-9-32-27(11-19)33-16-31/h5-13,16-17,20,39H,1,14-15H2,2-4H3,(H2,31,32,33)(H,34,35,36). The number of fused-ring (bicyclic) bond motifs is 1. The number of aliphatic hydroxyl groups is 1. The molecule has 41 heavy (non-hydrogen) atoms. The summed E-state index contributed by atoms with van der Waals surface area (Å²) in [6.45, 7) is 7.89. The third kappa shape index (κ3) is 5.80. The number of anilines is 2. The van der Waals surface area contributed by atoms with Crippen LogP contribution in [0.15, 0.2) is 72.6 Å². The Morgan fingerprint density at radius 1 is 1.15 bits per heavy atom. The predicted octanol–water partition coefficient (Wildman–Crippen LogP) is 4.07. The molecule has 1 amide bonds. The summed E-state index contributed by atoms with van der Waals surface area (Å²) < 4.78 is 11.8. The molecular weight excluding hydrogens is 522 g/mol. The van der Waals surface area contributed by atoms with E-state index in [1.165, 1.54) is 18.7 Å². The van der Waals surface area contributed by atoms with Crippen molar-refractivity contribution in [2.75, 3.05) is 25.5 Å². The van der Waals surface area contributed by atoms with E-state index in [1.807, 2.05) is 36.4 Å². The van der Waals surface area contributed by atoms with Crippen LogP contribution in [0.2, 0.25) is 0 Å². The molecule has 2 aromatic carbocycles. The predicted molar refractivity (Wildman–Crippen MR) is 158 cm³/mol. The zero-order chi connectivity index (χ0) is 29.1. The Morgan fingerprint density at radius 2 is 1.93 bits per heavy atom. The molecule has 0 saturated carbocycles. The number of nitrogens with two attached hydrogens (primary N) is 1. The maximum atomic E-state index is 11.8. The summed E-state index contributed by atoms with van der Waals surface area (Å²) in [7, 11) is 1.56. The van der Waals surface area contributed by atoms with E-state index in [-0.39, 0.29) is 12.0 Å². The number of aromatic nitrogens is 3. The summed E-state index contributed by atoms with van der Waals surface area (Å²) in [6, 6.07) is 13.0. The number of hydrogen-bond donors (Lipinski definition) is 3. The Balaban J connectivity index is 1.52. The highest BCUT2D eigenvalue weighted by atomic mass is 16.5. The highest BCUT2D eigenvalue weighted by Crippen LogP contribution is 2.38. The number of aliphatic imine (C=N–C) groups is 1. The van der Waals surface area contributed by atoms with Crippen LogP contribution in [0.1, 0.15) is 19.4 Å². The molecule has 1 saturated heterocycles. The van der Waals surface area contributed by atoms with Crippen LogP contribution < -0.4 is 20.5 Å². The largest absolute Gasteiger partial charge is 0.493 e. The fourth-order valence-corrected chi connectivity index (χ4v) is 4.65. The van der Waals surface area contributed by atoms with Crippen molar-refractivity contribution >= 4 is 40.5 Å². The Kier molecular flexibility index (Phi) is 7.54. The van der Waals surface area contributed by atoms with E-state index in [2.05, 4.69) is 31.8 Å². The van der Waals surface area contributed by atoms with Crippen molar-refractivity contribution in [3.8, 4) is 22.6 Å². The zero-order valence-corrected chi connectivity index (χ0v) is 23.0. The fourth-order valence-electron chi connectivity index (χ4n) is 4.65. The van der Waals surface area contributed by atoms with Gasteiger partial charge in [0, 0.05) is 28.9 Å². The van der Waals surface area contributed by atoms with Crippen molar-refractivity contribution in [1.29, 1.82) is 0 Å². The highest BCUT2D eigenvalue weighted by molar-refractivity contribution is 5.93. The third-order valence-electron chi connectivity index (χ3n) is 6.77. The minimum absolute atomic E-state index is 0.129. The first-order valence-electron chi connectivity index (χ1n) is 13.0. The normalized spacial score (nSPS) is 13.7.